The molecule has 1 fully saturated rings. The Hall–Kier alpha value is -1.95. The molecule has 0 radical (unpaired) electrons. The van der Waals surface area contributed by atoms with Gasteiger partial charge in [0.2, 0.25) is 0 Å². The second kappa shape index (κ2) is 7.17. The number of anilines is 1. The highest BCUT2D eigenvalue weighted by Gasteiger charge is 2.18. The maximum Gasteiger partial charge on any atom is 0.253 e. The van der Waals surface area contributed by atoms with Crippen molar-refractivity contribution in [2.75, 3.05) is 39.7 Å². The van der Waals surface area contributed by atoms with Gasteiger partial charge in [-0.3, -0.25) is 4.79 Å². The number of amides is 1. The van der Waals surface area contributed by atoms with Gasteiger partial charge in [0.25, 0.3) is 5.91 Å². The zero-order valence-corrected chi connectivity index (χ0v) is 12.5. The number of benzene rings is 1. The molecule has 6 nitrogen and oxygen atoms in total. The number of hydrogen-bond acceptors (Lipinski definition) is 5. The van der Waals surface area contributed by atoms with Crippen LogP contribution in [0.1, 0.15) is 23.2 Å². The summed E-state index contributed by atoms with van der Waals surface area (Å²) >= 11 is 0. The zero-order chi connectivity index (χ0) is 15.2. The minimum Gasteiger partial charge on any atom is -0.493 e. The largest absolute Gasteiger partial charge is 0.493 e. The fraction of sp³-hybridized carbons (Fsp3) is 0.533. The van der Waals surface area contributed by atoms with E-state index in [0.717, 1.165) is 19.4 Å². The van der Waals surface area contributed by atoms with Crippen molar-refractivity contribution in [1.82, 2.24) is 5.32 Å². The second-order valence-corrected chi connectivity index (χ2v) is 5.09. The Morgan fingerprint density at radius 2 is 2.10 bits per heavy atom. The molecule has 1 unspecified atom stereocenters. The molecule has 1 atom stereocenters. The smallest absolute Gasteiger partial charge is 0.253 e. The van der Waals surface area contributed by atoms with Crippen molar-refractivity contribution < 1.29 is 19.0 Å². The molecular weight excluding hydrogens is 272 g/mol. The topological polar surface area (TPSA) is 82.8 Å². The number of nitrogens with two attached hydrogens (primary N) is 1. The Morgan fingerprint density at radius 3 is 2.71 bits per heavy atom. The molecule has 116 valence electrons. The molecule has 1 amide bonds. The number of nitrogens with one attached hydrogen (secondary N) is 1. The molecule has 1 aliphatic heterocycles. The quantitative estimate of drug-likeness (QED) is 0.803. The third-order valence-electron chi connectivity index (χ3n) is 3.61. The van der Waals surface area contributed by atoms with E-state index in [2.05, 4.69) is 5.32 Å². The van der Waals surface area contributed by atoms with Crippen LogP contribution in [0.2, 0.25) is 0 Å². The predicted molar refractivity (Wildman–Crippen MR) is 79.8 cm³/mol. The van der Waals surface area contributed by atoms with Crippen LogP contribution in [0.25, 0.3) is 0 Å². The fourth-order valence-corrected chi connectivity index (χ4v) is 2.39. The van der Waals surface area contributed by atoms with Crippen molar-refractivity contribution in [1.29, 1.82) is 0 Å². The van der Waals surface area contributed by atoms with E-state index in [0.29, 0.717) is 41.8 Å². The van der Waals surface area contributed by atoms with Gasteiger partial charge in [0.05, 0.1) is 26.4 Å². The molecule has 0 bridgehead atoms. The predicted octanol–water partition coefficient (Wildman–Crippen LogP) is 1.44. The molecule has 1 aromatic carbocycles. The molecular formula is C15H22N2O4. The standard InChI is InChI=1S/C15H22N2O4/c1-19-13-6-11(12(16)7-14(13)20-2)15(18)17-8-10-4-3-5-21-9-10/h6-7,10H,3-5,8-9,16H2,1-2H3,(H,17,18). The molecule has 1 saturated heterocycles. The van der Waals surface area contributed by atoms with Gasteiger partial charge in [0.15, 0.2) is 11.5 Å². The first-order valence-corrected chi connectivity index (χ1v) is 7.03. The number of hydrogen-bond donors (Lipinski definition) is 2. The van der Waals surface area contributed by atoms with Crippen LogP contribution < -0.4 is 20.5 Å². The van der Waals surface area contributed by atoms with Crippen molar-refractivity contribution in [3.8, 4) is 11.5 Å². The van der Waals surface area contributed by atoms with Gasteiger partial charge in [0, 0.05) is 24.9 Å². The Bertz CT molecular complexity index is 499. The van der Waals surface area contributed by atoms with Crippen molar-refractivity contribution >= 4 is 11.6 Å². The van der Waals surface area contributed by atoms with Crippen molar-refractivity contribution in [2.45, 2.75) is 12.8 Å². The molecule has 1 heterocycles. The van der Waals surface area contributed by atoms with Crippen molar-refractivity contribution in [3.63, 3.8) is 0 Å². The molecule has 0 aromatic heterocycles. The van der Waals surface area contributed by atoms with E-state index in [9.17, 15) is 4.79 Å². The normalized spacial score (nSPS) is 18.1. The van der Waals surface area contributed by atoms with Gasteiger partial charge in [-0.05, 0) is 24.8 Å². The van der Waals surface area contributed by atoms with Crippen molar-refractivity contribution in [3.05, 3.63) is 17.7 Å². The monoisotopic (exact) mass is 294 g/mol. The number of nitrogen functional groups attached to an aromatic ring is 1. The highest BCUT2D eigenvalue weighted by Crippen LogP contribution is 2.31. The van der Waals surface area contributed by atoms with Crippen LogP contribution in [-0.2, 0) is 4.74 Å². The Morgan fingerprint density at radius 1 is 1.38 bits per heavy atom. The van der Waals surface area contributed by atoms with E-state index in [1.165, 1.54) is 14.2 Å². The van der Waals surface area contributed by atoms with E-state index in [4.69, 9.17) is 19.9 Å². The molecule has 0 saturated carbocycles. The zero-order valence-electron chi connectivity index (χ0n) is 12.5. The van der Waals surface area contributed by atoms with E-state index in [-0.39, 0.29) is 5.91 Å². The molecule has 1 aliphatic rings. The summed E-state index contributed by atoms with van der Waals surface area (Å²) in [5.74, 6) is 1.15. The highest BCUT2D eigenvalue weighted by atomic mass is 16.5. The lowest BCUT2D eigenvalue weighted by Gasteiger charge is -2.22. The average molecular weight is 294 g/mol. The third kappa shape index (κ3) is 3.78. The third-order valence-corrected chi connectivity index (χ3v) is 3.61. The summed E-state index contributed by atoms with van der Waals surface area (Å²) in [4.78, 5) is 12.2. The Balaban J connectivity index is 2.04. The first-order chi connectivity index (χ1) is 10.2. The van der Waals surface area contributed by atoms with Gasteiger partial charge in [0.1, 0.15) is 0 Å². The maximum absolute atomic E-state index is 12.2. The number of carbonyl (C=O) groups excluding carboxylic acids is 1. The molecule has 1 aromatic rings. The van der Waals surface area contributed by atoms with E-state index in [1.54, 1.807) is 12.1 Å². The molecule has 3 N–H and O–H groups in total. The van der Waals surface area contributed by atoms with Crippen LogP contribution in [0.5, 0.6) is 11.5 Å². The van der Waals surface area contributed by atoms with Gasteiger partial charge in [-0.1, -0.05) is 0 Å². The van der Waals surface area contributed by atoms with Crippen LogP contribution in [0, 0.1) is 5.92 Å². The Kier molecular flexibility index (Phi) is 5.27. The second-order valence-electron chi connectivity index (χ2n) is 5.09. The molecule has 6 heteroatoms. The highest BCUT2D eigenvalue weighted by molar-refractivity contribution is 6.00. The number of rotatable bonds is 5. The fourth-order valence-electron chi connectivity index (χ4n) is 2.39. The van der Waals surface area contributed by atoms with Gasteiger partial charge in [-0.25, -0.2) is 0 Å². The average Bonchev–Trinajstić information content (AvgIpc) is 2.53. The maximum atomic E-state index is 12.2. The number of ether oxygens (including phenoxy) is 3. The summed E-state index contributed by atoms with van der Waals surface area (Å²) < 4.78 is 15.7. The van der Waals surface area contributed by atoms with Crippen LogP contribution in [0.4, 0.5) is 5.69 Å². The van der Waals surface area contributed by atoms with Crippen molar-refractivity contribution in [2.24, 2.45) is 5.92 Å². The van der Waals surface area contributed by atoms with Crippen LogP contribution >= 0.6 is 0 Å². The molecule has 0 spiro atoms. The molecule has 21 heavy (non-hydrogen) atoms. The summed E-state index contributed by atoms with van der Waals surface area (Å²) in [5, 5.41) is 2.90. The first-order valence-electron chi connectivity index (χ1n) is 7.03. The van der Waals surface area contributed by atoms with Gasteiger partial charge in [-0.2, -0.15) is 0 Å². The first kappa shape index (κ1) is 15.4. The number of methoxy groups -OCH3 is 2. The molecule has 0 aliphatic carbocycles. The summed E-state index contributed by atoms with van der Waals surface area (Å²) in [7, 11) is 3.05. The van der Waals surface area contributed by atoms with E-state index in [1.807, 2.05) is 0 Å². The van der Waals surface area contributed by atoms with Gasteiger partial charge in [-0.15, -0.1) is 0 Å². The van der Waals surface area contributed by atoms with E-state index < -0.39 is 0 Å². The minimum absolute atomic E-state index is 0.209. The van der Waals surface area contributed by atoms with Gasteiger partial charge < -0.3 is 25.3 Å². The summed E-state index contributed by atoms with van der Waals surface area (Å²) in [5.41, 5.74) is 6.67. The summed E-state index contributed by atoms with van der Waals surface area (Å²) in [6, 6.07) is 3.19. The van der Waals surface area contributed by atoms with Crippen LogP contribution in [0.15, 0.2) is 12.1 Å². The summed E-state index contributed by atoms with van der Waals surface area (Å²) in [6.07, 6.45) is 2.11. The van der Waals surface area contributed by atoms with E-state index >= 15 is 0 Å². The lowest BCUT2D eigenvalue weighted by atomic mass is 10.0. The van der Waals surface area contributed by atoms with Gasteiger partial charge >= 0.3 is 0 Å². The van der Waals surface area contributed by atoms with Crippen LogP contribution in [-0.4, -0.2) is 39.9 Å². The summed E-state index contributed by atoms with van der Waals surface area (Å²) in [6.45, 7) is 2.10. The Labute approximate surface area is 124 Å². The lowest BCUT2D eigenvalue weighted by molar-refractivity contribution is 0.0536. The minimum atomic E-state index is -0.209. The van der Waals surface area contributed by atoms with Crippen LogP contribution in [0.3, 0.4) is 0 Å². The number of carbonyl (C=O) groups is 1. The lowest BCUT2D eigenvalue weighted by Crippen LogP contribution is -2.33. The SMILES string of the molecule is COc1cc(N)c(C(=O)NCC2CCCOC2)cc1OC. The molecule has 2 rings (SSSR count).